The Morgan fingerprint density at radius 1 is 0.970 bits per heavy atom. The Bertz CT molecular complexity index is 1560. The van der Waals surface area contributed by atoms with Crippen molar-refractivity contribution in [2.45, 2.75) is 6.54 Å². The fraction of sp³-hybridized carbons (Fsp3) is 0.115. The lowest BCUT2D eigenvalue weighted by atomic mass is 9.97. The maximum absolute atomic E-state index is 5.80. The van der Waals surface area contributed by atoms with Gasteiger partial charge in [0.1, 0.15) is 13.3 Å². The molecule has 4 heterocycles. The van der Waals surface area contributed by atoms with Crippen LogP contribution in [0.4, 0.5) is 0 Å². The minimum Gasteiger partial charge on any atom is -0.326 e. The summed E-state index contributed by atoms with van der Waals surface area (Å²) in [6, 6.07) is 22.8. The molecular weight excluding hydrogens is 410 g/mol. The number of aromatic nitrogens is 4. The van der Waals surface area contributed by atoms with Crippen molar-refractivity contribution in [2.75, 3.05) is 13.7 Å². The van der Waals surface area contributed by atoms with E-state index in [0.717, 1.165) is 56.0 Å². The number of rotatable bonds is 4. The Morgan fingerprint density at radius 3 is 2.52 bits per heavy atom. The lowest BCUT2D eigenvalue weighted by Crippen LogP contribution is -2.17. The molecule has 2 N–H and O–H groups in total. The monoisotopic (exact) mass is 432 g/mol. The SMILES string of the molecule is C[N+]1=C(c2nnc3c4cc(-c5ccccc5)c(-c5ccc(CN)cc5)nc4ccn23)C=NC1. The van der Waals surface area contributed by atoms with Crippen molar-refractivity contribution < 1.29 is 4.58 Å². The van der Waals surface area contributed by atoms with Gasteiger partial charge in [0.05, 0.1) is 11.2 Å². The van der Waals surface area contributed by atoms with E-state index >= 15 is 0 Å². The van der Waals surface area contributed by atoms with Gasteiger partial charge >= 0.3 is 0 Å². The molecule has 0 radical (unpaired) electrons. The molecule has 0 bridgehead atoms. The Labute approximate surface area is 190 Å². The molecule has 0 unspecified atom stereocenters. The molecule has 1 aliphatic rings. The number of pyridine rings is 2. The van der Waals surface area contributed by atoms with Gasteiger partial charge in [-0.15, -0.1) is 10.2 Å². The second kappa shape index (κ2) is 7.72. The first kappa shape index (κ1) is 19.5. The molecule has 33 heavy (non-hydrogen) atoms. The van der Waals surface area contributed by atoms with Gasteiger partial charge in [-0.25, -0.2) is 14.6 Å². The number of nitrogens with zero attached hydrogens (tertiary/aromatic N) is 6. The maximum atomic E-state index is 5.80. The van der Waals surface area contributed by atoms with E-state index in [2.05, 4.69) is 62.2 Å². The predicted octanol–water partition coefficient (Wildman–Crippen LogP) is 3.54. The van der Waals surface area contributed by atoms with Crippen molar-refractivity contribution in [2.24, 2.45) is 10.7 Å². The van der Waals surface area contributed by atoms with E-state index < -0.39 is 0 Å². The Morgan fingerprint density at radius 2 is 1.79 bits per heavy atom. The molecule has 7 nitrogen and oxygen atoms in total. The minimum atomic E-state index is 0.517. The van der Waals surface area contributed by atoms with E-state index in [-0.39, 0.29) is 0 Å². The number of hydrogen-bond donors (Lipinski definition) is 1. The highest BCUT2D eigenvalue weighted by atomic mass is 15.3. The van der Waals surface area contributed by atoms with Crippen molar-refractivity contribution in [1.29, 1.82) is 0 Å². The molecule has 0 spiro atoms. The van der Waals surface area contributed by atoms with Gasteiger partial charge in [-0.3, -0.25) is 4.40 Å². The van der Waals surface area contributed by atoms with Gasteiger partial charge in [0, 0.05) is 29.3 Å². The third kappa shape index (κ3) is 3.21. The Balaban J connectivity index is 1.62. The zero-order valence-corrected chi connectivity index (χ0v) is 18.2. The third-order valence-corrected chi connectivity index (χ3v) is 6.07. The molecule has 0 atom stereocenters. The van der Waals surface area contributed by atoms with Crippen LogP contribution in [-0.2, 0) is 6.54 Å². The van der Waals surface area contributed by atoms with Gasteiger partial charge in [-0.2, -0.15) is 0 Å². The van der Waals surface area contributed by atoms with Crippen molar-refractivity contribution in [3.8, 4) is 22.4 Å². The Hall–Kier alpha value is -4.23. The zero-order chi connectivity index (χ0) is 22.4. The summed E-state index contributed by atoms with van der Waals surface area (Å²) >= 11 is 0. The molecular formula is C26H22N7+. The van der Waals surface area contributed by atoms with Crippen molar-refractivity contribution in [3.63, 3.8) is 0 Å². The smallest absolute Gasteiger partial charge is 0.265 e. The number of fused-ring (bicyclic) bond motifs is 3. The van der Waals surface area contributed by atoms with Crippen LogP contribution in [0.1, 0.15) is 11.4 Å². The number of benzene rings is 2. The van der Waals surface area contributed by atoms with Crippen LogP contribution in [0.25, 0.3) is 38.9 Å². The molecule has 160 valence electrons. The summed E-state index contributed by atoms with van der Waals surface area (Å²) in [7, 11) is 2.00. The van der Waals surface area contributed by atoms with Crippen LogP contribution in [0.3, 0.4) is 0 Å². The van der Waals surface area contributed by atoms with Crippen molar-refractivity contribution >= 4 is 28.5 Å². The zero-order valence-electron chi connectivity index (χ0n) is 18.2. The van der Waals surface area contributed by atoms with Crippen LogP contribution >= 0.6 is 0 Å². The first-order valence-electron chi connectivity index (χ1n) is 10.8. The molecule has 0 aliphatic carbocycles. The van der Waals surface area contributed by atoms with Gasteiger partial charge in [0.25, 0.3) is 5.71 Å². The second-order valence-electron chi connectivity index (χ2n) is 8.15. The molecule has 3 aromatic heterocycles. The summed E-state index contributed by atoms with van der Waals surface area (Å²) in [5, 5.41) is 9.97. The largest absolute Gasteiger partial charge is 0.326 e. The number of nitrogens with two attached hydrogens (primary N) is 1. The van der Waals surface area contributed by atoms with Crippen LogP contribution in [-0.4, -0.2) is 49.8 Å². The average Bonchev–Trinajstić information content (AvgIpc) is 3.49. The first-order valence-corrected chi connectivity index (χ1v) is 10.8. The van der Waals surface area contributed by atoms with Gasteiger partial charge in [0.2, 0.25) is 12.5 Å². The van der Waals surface area contributed by atoms with Crippen molar-refractivity contribution in [1.82, 2.24) is 19.6 Å². The lowest BCUT2D eigenvalue weighted by molar-refractivity contribution is -0.489. The highest BCUT2D eigenvalue weighted by Crippen LogP contribution is 2.34. The molecule has 5 aromatic rings. The summed E-state index contributed by atoms with van der Waals surface area (Å²) in [6.07, 6.45) is 3.83. The van der Waals surface area contributed by atoms with E-state index in [1.807, 2.05) is 48.1 Å². The topological polar surface area (TPSA) is 84.5 Å². The lowest BCUT2D eigenvalue weighted by Gasteiger charge is -2.12. The van der Waals surface area contributed by atoms with Gasteiger partial charge in [0.15, 0.2) is 5.65 Å². The molecule has 1 aliphatic heterocycles. The molecule has 7 heteroatoms. The summed E-state index contributed by atoms with van der Waals surface area (Å²) in [5.74, 6) is 0.776. The standard InChI is InChI=1S/C26H22N7/c1-32-16-28-15-23(32)26-31-30-25-21-13-20(18-5-3-2-4-6-18)24(29-22(21)11-12-33(25)26)19-9-7-17(14-27)8-10-19/h2-13,15H,14,16,27H2,1H3/q+1. The fourth-order valence-electron chi connectivity index (χ4n) is 4.28. The molecule has 0 amide bonds. The normalized spacial score (nSPS) is 13.5. The number of hydrogen-bond acceptors (Lipinski definition) is 5. The second-order valence-corrected chi connectivity index (χ2v) is 8.15. The Kier molecular flexibility index (Phi) is 4.55. The van der Waals surface area contributed by atoms with Crippen LogP contribution < -0.4 is 5.73 Å². The first-order chi connectivity index (χ1) is 16.2. The van der Waals surface area contributed by atoms with Crippen LogP contribution in [0.2, 0.25) is 0 Å². The van der Waals surface area contributed by atoms with E-state index in [0.29, 0.717) is 13.2 Å². The highest BCUT2D eigenvalue weighted by molar-refractivity contribution is 6.35. The van der Waals surface area contributed by atoms with E-state index in [1.54, 1.807) is 0 Å². The third-order valence-electron chi connectivity index (χ3n) is 6.07. The minimum absolute atomic E-state index is 0.517. The number of aliphatic imine (C=N–C) groups is 1. The molecule has 2 aromatic carbocycles. The van der Waals surface area contributed by atoms with Gasteiger partial charge in [-0.1, -0.05) is 54.6 Å². The predicted molar refractivity (Wildman–Crippen MR) is 131 cm³/mol. The summed E-state index contributed by atoms with van der Waals surface area (Å²) in [6.45, 7) is 1.15. The molecule has 0 saturated carbocycles. The van der Waals surface area contributed by atoms with E-state index in [9.17, 15) is 0 Å². The quantitative estimate of drug-likeness (QED) is 0.440. The fourth-order valence-corrected chi connectivity index (χ4v) is 4.28. The van der Waals surface area contributed by atoms with Gasteiger partial charge < -0.3 is 5.73 Å². The van der Waals surface area contributed by atoms with Gasteiger partial charge in [-0.05, 0) is 23.3 Å². The molecule has 0 saturated heterocycles. The van der Waals surface area contributed by atoms with E-state index in [4.69, 9.17) is 10.7 Å². The molecule has 6 rings (SSSR count). The van der Waals surface area contributed by atoms with Crippen molar-refractivity contribution in [3.05, 3.63) is 84.3 Å². The average molecular weight is 433 g/mol. The summed E-state index contributed by atoms with van der Waals surface area (Å²) in [4.78, 5) is 9.44. The summed E-state index contributed by atoms with van der Waals surface area (Å²) < 4.78 is 4.07. The van der Waals surface area contributed by atoms with Crippen LogP contribution in [0, 0.1) is 0 Å². The summed E-state index contributed by atoms with van der Waals surface area (Å²) in [5.41, 5.74) is 13.6. The van der Waals surface area contributed by atoms with Crippen LogP contribution in [0.5, 0.6) is 0 Å². The van der Waals surface area contributed by atoms with Crippen LogP contribution in [0.15, 0.2) is 77.9 Å². The maximum Gasteiger partial charge on any atom is 0.265 e. The van der Waals surface area contributed by atoms with E-state index in [1.165, 1.54) is 0 Å². The molecule has 0 fully saturated rings. The highest BCUT2D eigenvalue weighted by Gasteiger charge is 2.23.